The Balaban J connectivity index is 2.13. The fourth-order valence-corrected chi connectivity index (χ4v) is 2.51. The Labute approximate surface area is 85.5 Å². The van der Waals surface area contributed by atoms with E-state index in [0.717, 1.165) is 6.42 Å². The summed E-state index contributed by atoms with van der Waals surface area (Å²) in [5.41, 5.74) is 0.0248. The van der Waals surface area contributed by atoms with Crippen molar-refractivity contribution in [3.05, 3.63) is 11.9 Å². The van der Waals surface area contributed by atoms with E-state index in [0.29, 0.717) is 11.3 Å². The van der Waals surface area contributed by atoms with Crippen LogP contribution in [0.25, 0.3) is 0 Å². The first-order valence-corrected chi connectivity index (χ1v) is 5.69. The van der Waals surface area contributed by atoms with Crippen LogP contribution in [0.4, 0.5) is 0 Å². The predicted octanol–water partition coefficient (Wildman–Crippen LogP) is 1.04. The van der Waals surface area contributed by atoms with Crippen LogP contribution in [0.3, 0.4) is 0 Å². The zero-order chi connectivity index (χ0) is 10.1. The molecule has 0 spiro atoms. The standard InChI is InChI=1S/C8H11N3O2S/c1-14-7-3-2-6(7)11-4-5(8(12)13)9-10-11/h4,6-7H,2-3H2,1H3,(H,12,13). The number of nitrogens with zero attached hydrogens (tertiary/aromatic N) is 3. The molecule has 5 nitrogen and oxygen atoms in total. The first kappa shape index (κ1) is 9.51. The van der Waals surface area contributed by atoms with E-state index in [1.165, 1.54) is 12.6 Å². The molecule has 1 N–H and O–H groups in total. The van der Waals surface area contributed by atoms with Gasteiger partial charge in [-0.25, -0.2) is 9.48 Å². The molecule has 2 rings (SSSR count). The second-order valence-electron chi connectivity index (χ2n) is 3.31. The van der Waals surface area contributed by atoms with E-state index >= 15 is 0 Å². The van der Waals surface area contributed by atoms with Crippen molar-refractivity contribution >= 4 is 17.7 Å². The maximum Gasteiger partial charge on any atom is 0.358 e. The number of rotatable bonds is 3. The number of carboxylic acid groups (broad SMARTS) is 1. The lowest BCUT2D eigenvalue weighted by molar-refractivity contribution is 0.0690. The largest absolute Gasteiger partial charge is 0.476 e. The van der Waals surface area contributed by atoms with E-state index in [4.69, 9.17) is 5.11 Å². The molecule has 2 atom stereocenters. The summed E-state index contributed by atoms with van der Waals surface area (Å²) < 4.78 is 1.67. The molecule has 1 aliphatic carbocycles. The molecule has 1 aromatic heterocycles. The van der Waals surface area contributed by atoms with Crippen molar-refractivity contribution in [2.45, 2.75) is 24.1 Å². The zero-order valence-corrected chi connectivity index (χ0v) is 8.57. The molecule has 0 radical (unpaired) electrons. The van der Waals surface area contributed by atoms with Crippen molar-refractivity contribution < 1.29 is 9.90 Å². The Morgan fingerprint density at radius 1 is 1.71 bits per heavy atom. The monoisotopic (exact) mass is 213 g/mol. The third kappa shape index (κ3) is 1.50. The molecule has 1 fully saturated rings. The van der Waals surface area contributed by atoms with Crippen LogP contribution in [0, 0.1) is 0 Å². The van der Waals surface area contributed by atoms with E-state index < -0.39 is 5.97 Å². The van der Waals surface area contributed by atoms with Gasteiger partial charge < -0.3 is 5.11 Å². The molecule has 1 saturated carbocycles. The molecule has 0 saturated heterocycles. The number of hydrogen-bond donors (Lipinski definition) is 1. The van der Waals surface area contributed by atoms with Crippen molar-refractivity contribution in [1.29, 1.82) is 0 Å². The number of carbonyl (C=O) groups is 1. The van der Waals surface area contributed by atoms with Gasteiger partial charge >= 0.3 is 5.97 Å². The molecule has 14 heavy (non-hydrogen) atoms. The van der Waals surface area contributed by atoms with Crippen LogP contribution in [-0.4, -0.2) is 37.6 Å². The molecule has 0 bridgehead atoms. The van der Waals surface area contributed by atoms with E-state index in [1.54, 1.807) is 16.4 Å². The molecular formula is C8H11N3O2S. The second kappa shape index (κ2) is 3.61. The summed E-state index contributed by atoms with van der Waals surface area (Å²) in [6.07, 6.45) is 5.81. The quantitative estimate of drug-likeness (QED) is 0.812. The van der Waals surface area contributed by atoms with Crippen LogP contribution in [0.15, 0.2) is 6.20 Å². The van der Waals surface area contributed by atoms with Gasteiger partial charge in [0.1, 0.15) is 0 Å². The Kier molecular flexibility index (Phi) is 2.45. The van der Waals surface area contributed by atoms with E-state index in [-0.39, 0.29) is 5.69 Å². The fourth-order valence-electron chi connectivity index (χ4n) is 1.57. The van der Waals surface area contributed by atoms with Gasteiger partial charge in [-0.3, -0.25) is 0 Å². The average Bonchev–Trinajstić information content (AvgIpc) is 2.52. The van der Waals surface area contributed by atoms with E-state index in [9.17, 15) is 4.79 Å². The molecule has 1 aromatic rings. The van der Waals surface area contributed by atoms with Gasteiger partial charge in [0.15, 0.2) is 5.69 Å². The van der Waals surface area contributed by atoms with Crippen molar-refractivity contribution in [2.24, 2.45) is 0 Å². The predicted molar refractivity (Wildman–Crippen MR) is 52.6 cm³/mol. The van der Waals surface area contributed by atoms with Gasteiger partial charge in [-0.05, 0) is 19.1 Å². The molecule has 0 aromatic carbocycles. The third-order valence-corrected chi connectivity index (χ3v) is 3.70. The molecule has 6 heteroatoms. The van der Waals surface area contributed by atoms with Crippen molar-refractivity contribution in [3.63, 3.8) is 0 Å². The highest BCUT2D eigenvalue weighted by molar-refractivity contribution is 7.99. The summed E-state index contributed by atoms with van der Waals surface area (Å²) in [6.45, 7) is 0. The molecule has 2 unspecified atom stereocenters. The van der Waals surface area contributed by atoms with Crippen molar-refractivity contribution in [2.75, 3.05) is 6.26 Å². The zero-order valence-electron chi connectivity index (χ0n) is 7.75. The molecule has 1 aliphatic rings. The summed E-state index contributed by atoms with van der Waals surface area (Å²) in [4.78, 5) is 10.6. The topological polar surface area (TPSA) is 68.0 Å². The lowest BCUT2D eigenvalue weighted by Gasteiger charge is -2.34. The Morgan fingerprint density at radius 3 is 2.93 bits per heavy atom. The number of hydrogen-bond acceptors (Lipinski definition) is 4. The van der Waals surface area contributed by atoms with Gasteiger partial charge in [0.25, 0.3) is 0 Å². The summed E-state index contributed by atoms with van der Waals surface area (Å²) >= 11 is 1.80. The SMILES string of the molecule is CSC1CCC1n1cc(C(=O)O)nn1. The van der Waals surface area contributed by atoms with Gasteiger partial charge in [-0.2, -0.15) is 11.8 Å². The van der Waals surface area contributed by atoms with Gasteiger partial charge in [0, 0.05) is 5.25 Å². The molecule has 0 amide bonds. The summed E-state index contributed by atoms with van der Waals surface area (Å²) in [5, 5.41) is 16.6. The number of aromatic nitrogens is 3. The van der Waals surface area contributed by atoms with Gasteiger partial charge in [-0.1, -0.05) is 5.21 Å². The van der Waals surface area contributed by atoms with Crippen LogP contribution in [0.2, 0.25) is 0 Å². The highest BCUT2D eigenvalue weighted by Gasteiger charge is 2.32. The van der Waals surface area contributed by atoms with Crippen LogP contribution in [0.5, 0.6) is 0 Å². The highest BCUT2D eigenvalue weighted by Crippen LogP contribution is 2.39. The maximum absolute atomic E-state index is 10.6. The minimum absolute atomic E-state index is 0.0248. The van der Waals surface area contributed by atoms with Crippen LogP contribution >= 0.6 is 11.8 Å². The van der Waals surface area contributed by atoms with Crippen molar-refractivity contribution in [1.82, 2.24) is 15.0 Å². The van der Waals surface area contributed by atoms with Crippen LogP contribution in [0.1, 0.15) is 29.4 Å². The minimum atomic E-state index is -1.02. The van der Waals surface area contributed by atoms with Gasteiger partial charge in [0.05, 0.1) is 12.2 Å². The van der Waals surface area contributed by atoms with Gasteiger partial charge in [0.2, 0.25) is 0 Å². The smallest absolute Gasteiger partial charge is 0.358 e. The molecule has 1 heterocycles. The normalized spacial score (nSPS) is 25.8. The lowest BCUT2D eigenvalue weighted by atomic mass is 9.92. The van der Waals surface area contributed by atoms with Crippen LogP contribution < -0.4 is 0 Å². The second-order valence-corrected chi connectivity index (χ2v) is 4.38. The number of carboxylic acids is 1. The number of aromatic carboxylic acids is 1. The summed E-state index contributed by atoms with van der Waals surface area (Å²) in [7, 11) is 0. The lowest BCUT2D eigenvalue weighted by Crippen LogP contribution is -2.31. The molecule has 0 aliphatic heterocycles. The first-order chi connectivity index (χ1) is 6.72. The highest BCUT2D eigenvalue weighted by atomic mass is 32.2. The van der Waals surface area contributed by atoms with Crippen LogP contribution in [-0.2, 0) is 0 Å². The Morgan fingerprint density at radius 2 is 2.50 bits per heavy atom. The third-order valence-electron chi connectivity index (χ3n) is 2.55. The Bertz CT molecular complexity index is 350. The molecule has 76 valence electrons. The fraction of sp³-hybridized carbons (Fsp3) is 0.625. The Hall–Kier alpha value is -1.04. The van der Waals surface area contributed by atoms with Crippen molar-refractivity contribution in [3.8, 4) is 0 Å². The molecular weight excluding hydrogens is 202 g/mol. The van der Waals surface area contributed by atoms with Gasteiger partial charge in [-0.15, -0.1) is 5.10 Å². The minimum Gasteiger partial charge on any atom is -0.476 e. The summed E-state index contributed by atoms with van der Waals surface area (Å²) in [5.74, 6) is -1.02. The average molecular weight is 213 g/mol. The van der Waals surface area contributed by atoms with E-state index in [1.807, 2.05) is 0 Å². The summed E-state index contributed by atoms with van der Waals surface area (Å²) in [6, 6.07) is 0.325. The van der Waals surface area contributed by atoms with E-state index in [2.05, 4.69) is 16.6 Å². The first-order valence-electron chi connectivity index (χ1n) is 4.40. The number of thioether (sulfide) groups is 1. The maximum atomic E-state index is 10.6.